The van der Waals surface area contributed by atoms with Crippen LogP contribution in [-0.4, -0.2) is 18.5 Å². The highest BCUT2D eigenvalue weighted by molar-refractivity contribution is 9.10. The molecule has 0 bridgehead atoms. The number of benzene rings is 2. The van der Waals surface area contributed by atoms with Gasteiger partial charge in [-0.25, -0.2) is 0 Å². The van der Waals surface area contributed by atoms with Crippen LogP contribution in [0.2, 0.25) is 0 Å². The molecule has 0 saturated carbocycles. The molecule has 0 fully saturated rings. The smallest absolute Gasteiger partial charge is 0.0521 e. The predicted molar refractivity (Wildman–Crippen MR) is 83.3 cm³/mol. The predicted octanol–water partition coefficient (Wildman–Crippen LogP) is 4.05. The molecule has 2 aromatic carbocycles. The van der Waals surface area contributed by atoms with Gasteiger partial charge in [0.25, 0.3) is 0 Å². The molecular weight excluding hydrogens is 300 g/mol. The van der Waals surface area contributed by atoms with Crippen LogP contribution in [-0.2, 0) is 6.54 Å². The minimum absolute atomic E-state index is 0.410. The SMILES string of the molecule is CN1Cc2cc(Br)ccc2NCC1c1ccccc1. The van der Waals surface area contributed by atoms with E-state index in [0.29, 0.717) is 6.04 Å². The maximum absolute atomic E-state index is 3.57. The number of halogens is 1. The standard InChI is InChI=1S/C16H17BrN2/c1-19-11-13-9-14(17)7-8-15(13)18-10-16(19)12-5-3-2-4-6-12/h2-9,16,18H,10-11H2,1H3. The number of rotatable bonds is 1. The lowest BCUT2D eigenvalue weighted by molar-refractivity contribution is 0.252. The van der Waals surface area contributed by atoms with Crippen LogP contribution in [0.1, 0.15) is 17.2 Å². The largest absolute Gasteiger partial charge is 0.383 e. The van der Waals surface area contributed by atoms with E-state index < -0.39 is 0 Å². The monoisotopic (exact) mass is 316 g/mol. The summed E-state index contributed by atoms with van der Waals surface area (Å²) in [7, 11) is 2.19. The van der Waals surface area contributed by atoms with E-state index in [9.17, 15) is 0 Å². The van der Waals surface area contributed by atoms with E-state index >= 15 is 0 Å². The molecular formula is C16H17BrN2. The fraction of sp³-hybridized carbons (Fsp3) is 0.250. The van der Waals surface area contributed by atoms with Crippen molar-refractivity contribution in [3.8, 4) is 0 Å². The molecule has 1 aliphatic rings. The molecule has 0 radical (unpaired) electrons. The number of hydrogen-bond acceptors (Lipinski definition) is 2. The van der Waals surface area contributed by atoms with Crippen molar-refractivity contribution in [2.75, 3.05) is 18.9 Å². The second-order valence-electron chi connectivity index (χ2n) is 5.02. The van der Waals surface area contributed by atoms with Crippen LogP contribution in [0, 0.1) is 0 Å². The third-order valence-electron chi connectivity index (χ3n) is 3.69. The quantitative estimate of drug-likeness (QED) is 0.854. The minimum atomic E-state index is 0.410. The number of likely N-dealkylation sites (N-methyl/N-ethyl adjacent to an activating group) is 1. The molecule has 2 nitrogen and oxygen atoms in total. The van der Waals surface area contributed by atoms with Crippen LogP contribution in [0.3, 0.4) is 0 Å². The highest BCUT2D eigenvalue weighted by atomic mass is 79.9. The molecule has 0 saturated heterocycles. The molecule has 0 spiro atoms. The average molecular weight is 317 g/mol. The van der Waals surface area contributed by atoms with E-state index in [4.69, 9.17) is 0 Å². The Kier molecular flexibility index (Phi) is 3.58. The Balaban J connectivity index is 1.90. The van der Waals surface area contributed by atoms with E-state index in [1.807, 2.05) is 0 Å². The third kappa shape index (κ3) is 2.67. The Labute approximate surface area is 122 Å². The third-order valence-corrected chi connectivity index (χ3v) is 4.18. The van der Waals surface area contributed by atoms with Gasteiger partial charge in [0.05, 0.1) is 6.04 Å². The molecule has 2 aromatic rings. The summed E-state index contributed by atoms with van der Waals surface area (Å²) >= 11 is 3.55. The summed E-state index contributed by atoms with van der Waals surface area (Å²) in [6.45, 7) is 1.90. The molecule has 1 atom stereocenters. The highest BCUT2D eigenvalue weighted by Crippen LogP contribution is 2.30. The Bertz CT molecular complexity index is 568. The first-order valence-corrected chi connectivity index (χ1v) is 7.31. The summed E-state index contributed by atoms with van der Waals surface area (Å²) in [6.07, 6.45) is 0. The topological polar surface area (TPSA) is 15.3 Å². The Morgan fingerprint density at radius 1 is 1.16 bits per heavy atom. The second-order valence-corrected chi connectivity index (χ2v) is 5.94. The van der Waals surface area contributed by atoms with Gasteiger partial charge in [0.1, 0.15) is 0 Å². The van der Waals surface area contributed by atoms with Crippen LogP contribution in [0.15, 0.2) is 53.0 Å². The van der Waals surface area contributed by atoms with Crippen LogP contribution < -0.4 is 5.32 Å². The lowest BCUT2D eigenvalue weighted by Crippen LogP contribution is -2.26. The highest BCUT2D eigenvalue weighted by Gasteiger charge is 2.21. The van der Waals surface area contributed by atoms with Crippen LogP contribution in [0.4, 0.5) is 5.69 Å². The molecule has 0 amide bonds. The van der Waals surface area contributed by atoms with Crippen LogP contribution >= 0.6 is 15.9 Å². The van der Waals surface area contributed by atoms with Gasteiger partial charge in [-0.15, -0.1) is 0 Å². The first kappa shape index (κ1) is 12.7. The van der Waals surface area contributed by atoms with E-state index in [2.05, 4.69) is 81.7 Å². The maximum atomic E-state index is 3.57. The van der Waals surface area contributed by atoms with Gasteiger partial charge in [-0.05, 0) is 36.4 Å². The average Bonchev–Trinajstić information content (AvgIpc) is 2.57. The fourth-order valence-electron chi connectivity index (χ4n) is 2.65. The van der Waals surface area contributed by atoms with Crippen molar-refractivity contribution in [2.45, 2.75) is 12.6 Å². The summed E-state index contributed by atoms with van der Waals surface area (Å²) in [5, 5.41) is 3.57. The van der Waals surface area contributed by atoms with Gasteiger partial charge in [0.15, 0.2) is 0 Å². The van der Waals surface area contributed by atoms with Gasteiger partial charge >= 0.3 is 0 Å². The number of nitrogens with zero attached hydrogens (tertiary/aromatic N) is 1. The first-order valence-electron chi connectivity index (χ1n) is 6.51. The molecule has 0 aliphatic carbocycles. The minimum Gasteiger partial charge on any atom is -0.383 e. The van der Waals surface area contributed by atoms with Gasteiger partial charge < -0.3 is 5.32 Å². The number of fused-ring (bicyclic) bond motifs is 1. The molecule has 3 rings (SSSR count). The van der Waals surface area contributed by atoms with Crippen molar-refractivity contribution in [3.63, 3.8) is 0 Å². The fourth-order valence-corrected chi connectivity index (χ4v) is 3.06. The van der Waals surface area contributed by atoms with Crippen molar-refractivity contribution in [2.24, 2.45) is 0 Å². The van der Waals surface area contributed by atoms with Gasteiger partial charge in [-0.3, -0.25) is 4.90 Å². The van der Waals surface area contributed by atoms with Crippen molar-refractivity contribution >= 4 is 21.6 Å². The molecule has 1 unspecified atom stereocenters. The van der Waals surface area contributed by atoms with Crippen molar-refractivity contribution in [1.29, 1.82) is 0 Å². The van der Waals surface area contributed by atoms with Gasteiger partial charge in [-0.2, -0.15) is 0 Å². The van der Waals surface area contributed by atoms with Gasteiger partial charge in [0.2, 0.25) is 0 Å². The Morgan fingerprint density at radius 2 is 1.95 bits per heavy atom. The molecule has 1 aliphatic heterocycles. The summed E-state index contributed by atoms with van der Waals surface area (Å²) in [5.41, 5.74) is 3.95. The van der Waals surface area contributed by atoms with Crippen molar-refractivity contribution < 1.29 is 0 Å². The molecule has 0 aromatic heterocycles. The van der Waals surface area contributed by atoms with Gasteiger partial charge in [0, 0.05) is 23.2 Å². The summed E-state index contributed by atoms with van der Waals surface area (Å²) < 4.78 is 1.14. The summed E-state index contributed by atoms with van der Waals surface area (Å²) in [5.74, 6) is 0. The van der Waals surface area contributed by atoms with Crippen molar-refractivity contribution in [3.05, 3.63) is 64.1 Å². The van der Waals surface area contributed by atoms with E-state index in [-0.39, 0.29) is 0 Å². The molecule has 19 heavy (non-hydrogen) atoms. The molecule has 98 valence electrons. The maximum Gasteiger partial charge on any atom is 0.0521 e. The first-order chi connectivity index (χ1) is 9.24. The van der Waals surface area contributed by atoms with Crippen LogP contribution in [0.25, 0.3) is 0 Å². The lowest BCUT2D eigenvalue weighted by atomic mass is 10.1. The number of hydrogen-bond donors (Lipinski definition) is 1. The van der Waals surface area contributed by atoms with E-state index in [0.717, 1.165) is 17.6 Å². The number of anilines is 1. The Morgan fingerprint density at radius 3 is 2.74 bits per heavy atom. The normalized spacial score (nSPS) is 19.4. The second kappa shape index (κ2) is 5.35. The zero-order chi connectivity index (χ0) is 13.2. The van der Waals surface area contributed by atoms with Gasteiger partial charge in [-0.1, -0.05) is 46.3 Å². The summed E-state index contributed by atoms with van der Waals surface area (Å²) in [4.78, 5) is 2.40. The number of nitrogens with one attached hydrogen (secondary N) is 1. The summed E-state index contributed by atoms with van der Waals surface area (Å²) in [6, 6.07) is 17.5. The lowest BCUT2D eigenvalue weighted by Gasteiger charge is -2.25. The zero-order valence-corrected chi connectivity index (χ0v) is 12.5. The van der Waals surface area contributed by atoms with Crippen molar-refractivity contribution in [1.82, 2.24) is 4.90 Å². The Hall–Kier alpha value is -1.32. The van der Waals surface area contributed by atoms with E-state index in [1.54, 1.807) is 0 Å². The molecule has 1 N–H and O–H groups in total. The zero-order valence-electron chi connectivity index (χ0n) is 10.9. The molecule has 1 heterocycles. The van der Waals surface area contributed by atoms with Crippen LogP contribution in [0.5, 0.6) is 0 Å². The van der Waals surface area contributed by atoms with E-state index in [1.165, 1.54) is 16.8 Å². The molecule has 3 heteroatoms.